The van der Waals surface area contributed by atoms with Gasteiger partial charge < -0.3 is 5.73 Å². The first kappa shape index (κ1) is 13.4. The molecule has 1 fully saturated rings. The van der Waals surface area contributed by atoms with Crippen molar-refractivity contribution in [3.8, 4) is 0 Å². The van der Waals surface area contributed by atoms with Gasteiger partial charge in [-0.25, -0.2) is 4.98 Å². The van der Waals surface area contributed by atoms with E-state index in [0.29, 0.717) is 16.8 Å². The maximum Gasteiger partial charge on any atom is 0.123 e. The standard InChI is InChI=1S/C16H18ClN3/c17-14-6-7-16(18)19-15(14)11-20-9-8-13(10-20)12-4-2-1-3-5-12/h1-7,13H,8-11H2,(H2,18,19). The number of pyridine rings is 1. The molecule has 20 heavy (non-hydrogen) atoms. The van der Waals surface area contributed by atoms with Gasteiger partial charge in [-0.2, -0.15) is 0 Å². The van der Waals surface area contributed by atoms with Crippen LogP contribution < -0.4 is 5.73 Å². The van der Waals surface area contributed by atoms with Gasteiger partial charge in [0, 0.05) is 13.1 Å². The minimum absolute atomic E-state index is 0.531. The first-order valence-corrected chi connectivity index (χ1v) is 7.28. The average Bonchev–Trinajstić information content (AvgIpc) is 2.92. The quantitative estimate of drug-likeness (QED) is 0.942. The molecule has 104 valence electrons. The maximum absolute atomic E-state index is 6.18. The molecule has 3 rings (SSSR count). The predicted molar refractivity (Wildman–Crippen MR) is 82.7 cm³/mol. The fourth-order valence-corrected chi connectivity index (χ4v) is 2.96. The van der Waals surface area contributed by atoms with Crippen LogP contribution in [0.4, 0.5) is 5.82 Å². The van der Waals surface area contributed by atoms with E-state index in [1.807, 2.05) is 6.07 Å². The molecule has 0 amide bonds. The molecule has 1 aliphatic rings. The highest BCUT2D eigenvalue weighted by Gasteiger charge is 2.24. The molecule has 4 heteroatoms. The number of aromatic nitrogens is 1. The number of likely N-dealkylation sites (tertiary alicyclic amines) is 1. The summed E-state index contributed by atoms with van der Waals surface area (Å²) in [5.41, 5.74) is 8.03. The molecule has 1 aromatic heterocycles. The van der Waals surface area contributed by atoms with Crippen molar-refractivity contribution in [2.45, 2.75) is 18.9 Å². The van der Waals surface area contributed by atoms with E-state index in [9.17, 15) is 0 Å². The Hall–Kier alpha value is -1.58. The molecule has 1 aromatic carbocycles. The van der Waals surface area contributed by atoms with Crippen LogP contribution in [0.25, 0.3) is 0 Å². The Bertz CT molecular complexity index is 586. The normalized spacial score (nSPS) is 19.4. The lowest BCUT2D eigenvalue weighted by molar-refractivity contribution is 0.323. The van der Waals surface area contributed by atoms with Crippen LogP contribution in [0.15, 0.2) is 42.5 Å². The highest BCUT2D eigenvalue weighted by molar-refractivity contribution is 6.31. The van der Waals surface area contributed by atoms with Gasteiger partial charge >= 0.3 is 0 Å². The largest absolute Gasteiger partial charge is 0.384 e. The minimum atomic E-state index is 0.531. The second-order valence-corrected chi connectivity index (χ2v) is 5.70. The van der Waals surface area contributed by atoms with Crippen molar-refractivity contribution in [3.63, 3.8) is 0 Å². The number of hydrogen-bond donors (Lipinski definition) is 1. The van der Waals surface area contributed by atoms with E-state index in [-0.39, 0.29) is 0 Å². The third-order valence-corrected chi connectivity index (χ3v) is 4.20. The third kappa shape index (κ3) is 2.94. The van der Waals surface area contributed by atoms with Crippen LogP contribution in [-0.2, 0) is 6.54 Å². The Balaban J connectivity index is 1.67. The van der Waals surface area contributed by atoms with Crippen LogP contribution >= 0.6 is 11.6 Å². The molecule has 1 atom stereocenters. The first-order chi connectivity index (χ1) is 9.72. The van der Waals surface area contributed by atoms with Gasteiger partial charge in [-0.05, 0) is 36.6 Å². The molecular weight excluding hydrogens is 270 g/mol. The molecular formula is C16H18ClN3. The summed E-state index contributed by atoms with van der Waals surface area (Å²) in [4.78, 5) is 6.73. The van der Waals surface area contributed by atoms with Crippen molar-refractivity contribution in [2.75, 3.05) is 18.8 Å². The van der Waals surface area contributed by atoms with E-state index in [2.05, 4.69) is 40.2 Å². The van der Waals surface area contributed by atoms with Gasteiger partial charge in [0.05, 0.1) is 10.7 Å². The van der Waals surface area contributed by atoms with Crippen LogP contribution in [0.5, 0.6) is 0 Å². The highest BCUT2D eigenvalue weighted by Crippen LogP contribution is 2.28. The number of nitrogens with two attached hydrogens (primary N) is 1. The molecule has 0 radical (unpaired) electrons. The van der Waals surface area contributed by atoms with Gasteiger partial charge in [0.15, 0.2) is 0 Å². The summed E-state index contributed by atoms with van der Waals surface area (Å²) in [6.45, 7) is 2.90. The van der Waals surface area contributed by atoms with Crippen molar-refractivity contribution in [1.29, 1.82) is 0 Å². The predicted octanol–water partition coefficient (Wildman–Crippen LogP) is 3.31. The van der Waals surface area contributed by atoms with Gasteiger partial charge in [0.1, 0.15) is 5.82 Å². The van der Waals surface area contributed by atoms with Crippen LogP contribution in [0.3, 0.4) is 0 Å². The zero-order chi connectivity index (χ0) is 13.9. The summed E-state index contributed by atoms with van der Waals surface area (Å²) < 4.78 is 0. The molecule has 0 aliphatic carbocycles. The number of rotatable bonds is 3. The number of nitrogen functional groups attached to an aromatic ring is 1. The average molecular weight is 288 g/mol. The topological polar surface area (TPSA) is 42.1 Å². The van der Waals surface area contributed by atoms with Crippen molar-refractivity contribution in [3.05, 3.63) is 58.7 Å². The van der Waals surface area contributed by atoms with Crippen molar-refractivity contribution < 1.29 is 0 Å². The Morgan fingerprint density at radius 3 is 2.80 bits per heavy atom. The maximum atomic E-state index is 6.18. The number of anilines is 1. The summed E-state index contributed by atoms with van der Waals surface area (Å²) >= 11 is 6.18. The molecule has 0 saturated carbocycles. The molecule has 3 nitrogen and oxygen atoms in total. The van der Waals surface area contributed by atoms with Gasteiger partial charge in [-0.15, -0.1) is 0 Å². The van der Waals surface area contributed by atoms with Gasteiger partial charge in [0.25, 0.3) is 0 Å². The van der Waals surface area contributed by atoms with Crippen LogP contribution in [0, 0.1) is 0 Å². The Labute approximate surface area is 124 Å². The SMILES string of the molecule is Nc1ccc(Cl)c(CN2CCC(c3ccccc3)C2)n1. The summed E-state index contributed by atoms with van der Waals surface area (Å²) in [6.07, 6.45) is 1.18. The zero-order valence-corrected chi connectivity index (χ0v) is 12.1. The van der Waals surface area contributed by atoms with Crippen molar-refractivity contribution in [2.24, 2.45) is 0 Å². The smallest absolute Gasteiger partial charge is 0.123 e. The molecule has 1 unspecified atom stereocenters. The van der Waals surface area contributed by atoms with E-state index >= 15 is 0 Å². The van der Waals surface area contributed by atoms with Crippen molar-refractivity contribution in [1.82, 2.24) is 9.88 Å². The van der Waals surface area contributed by atoms with E-state index in [0.717, 1.165) is 25.3 Å². The van der Waals surface area contributed by atoms with E-state index in [1.54, 1.807) is 6.07 Å². The van der Waals surface area contributed by atoms with E-state index in [1.165, 1.54) is 12.0 Å². The summed E-state index contributed by atoms with van der Waals surface area (Å²) in [5, 5.41) is 0.697. The number of hydrogen-bond acceptors (Lipinski definition) is 3. The fraction of sp³-hybridized carbons (Fsp3) is 0.312. The van der Waals surface area contributed by atoms with E-state index in [4.69, 9.17) is 17.3 Å². The van der Waals surface area contributed by atoms with Gasteiger partial charge in [-0.3, -0.25) is 4.90 Å². The highest BCUT2D eigenvalue weighted by atomic mass is 35.5. The fourth-order valence-electron chi connectivity index (χ4n) is 2.80. The lowest BCUT2D eigenvalue weighted by atomic mass is 9.99. The van der Waals surface area contributed by atoms with Crippen LogP contribution in [0.1, 0.15) is 23.6 Å². The second kappa shape index (κ2) is 5.81. The lowest BCUT2D eigenvalue weighted by Gasteiger charge is -2.16. The Morgan fingerprint density at radius 2 is 2.00 bits per heavy atom. The summed E-state index contributed by atoms with van der Waals surface area (Å²) in [5.74, 6) is 1.14. The summed E-state index contributed by atoms with van der Waals surface area (Å²) in [6, 6.07) is 14.3. The third-order valence-electron chi connectivity index (χ3n) is 3.86. The molecule has 2 aromatic rings. The van der Waals surface area contributed by atoms with Crippen LogP contribution in [-0.4, -0.2) is 23.0 Å². The van der Waals surface area contributed by atoms with Crippen LogP contribution in [0.2, 0.25) is 5.02 Å². The molecule has 1 aliphatic heterocycles. The number of halogens is 1. The van der Waals surface area contributed by atoms with Gasteiger partial charge in [-0.1, -0.05) is 41.9 Å². The molecule has 2 heterocycles. The molecule has 0 bridgehead atoms. The number of nitrogens with zero attached hydrogens (tertiary/aromatic N) is 2. The summed E-state index contributed by atoms with van der Waals surface area (Å²) in [7, 11) is 0. The second-order valence-electron chi connectivity index (χ2n) is 5.30. The lowest BCUT2D eigenvalue weighted by Crippen LogP contribution is -2.21. The molecule has 0 spiro atoms. The monoisotopic (exact) mass is 287 g/mol. The minimum Gasteiger partial charge on any atom is -0.384 e. The van der Waals surface area contributed by atoms with Gasteiger partial charge in [0.2, 0.25) is 0 Å². The molecule has 1 saturated heterocycles. The zero-order valence-electron chi connectivity index (χ0n) is 11.3. The Kier molecular flexibility index (Phi) is 3.90. The Morgan fingerprint density at radius 1 is 1.20 bits per heavy atom. The number of benzene rings is 1. The molecule has 2 N–H and O–H groups in total. The van der Waals surface area contributed by atoms with E-state index < -0.39 is 0 Å². The first-order valence-electron chi connectivity index (χ1n) is 6.90. The van der Waals surface area contributed by atoms with Crippen molar-refractivity contribution >= 4 is 17.4 Å².